The molecule has 5 heteroatoms. The zero-order valence-corrected chi connectivity index (χ0v) is 7.15. The molecular weight excluding hydrogens is 200 g/mol. The number of aldehydes is 1. The zero-order valence-electron chi connectivity index (χ0n) is 7.15. The van der Waals surface area contributed by atoms with Gasteiger partial charge in [0, 0.05) is 0 Å². The molecule has 0 radical (unpaired) electrons. The molecule has 0 aliphatic heterocycles. The van der Waals surface area contributed by atoms with Crippen molar-refractivity contribution in [2.45, 2.75) is 13.1 Å². The second kappa shape index (κ2) is 3.40. The number of aryl methyl sites for hydroxylation is 1. The molecule has 76 valence electrons. The van der Waals surface area contributed by atoms with Crippen molar-refractivity contribution in [1.29, 1.82) is 0 Å². The van der Waals surface area contributed by atoms with Crippen molar-refractivity contribution < 1.29 is 22.4 Å². The fourth-order valence-electron chi connectivity index (χ4n) is 1.05. The van der Waals surface area contributed by atoms with E-state index in [1.165, 1.54) is 6.92 Å². The van der Waals surface area contributed by atoms with Gasteiger partial charge in [0.15, 0.2) is 6.29 Å². The van der Waals surface area contributed by atoms with Crippen LogP contribution in [0.25, 0.3) is 0 Å². The predicted molar refractivity (Wildman–Crippen MR) is 41.5 cm³/mol. The molecule has 1 aromatic carbocycles. The molecule has 0 fully saturated rings. The van der Waals surface area contributed by atoms with E-state index < -0.39 is 23.1 Å². The van der Waals surface area contributed by atoms with Crippen LogP contribution >= 0.6 is 0 Å². The first kappa shape index (κ1) is 10.7. The first-order valence-corrected chi connectivity index (χ1v) is 3.69. The van der Waals surface area contributed by atoms with Crippen LogP contribution in [0.3, 0.4) is 0 Å². The Balaban J connectivity index is 3.37. The van der Waals surface area contributed by atoms with Gasteiger partial charge in [0.2, 0.25) is 0 Å². The number of carbonyl (C=O) groups excluding carboxylic acids is 1. The molecule has 1 nitrogen and oxygen atoms in total. The van der Waals surface area contributed by atoms with Crippen LogP contribution in [0.15, 0.2) is 12.1 Å². The number of hydrogen-bond donors (Lipinski definition) is 0. The second-order valence-electron chi connectivity index (χ2n) is 2.81. The minimum absolute atomic E-state index is 0.0670. The molecule has 0 spiro atoms. The normalized spacial score (nSPS) is 11.5. The summed E-state index contributed by atoms with van der Waals surface area (Å²) in [4.78, 5) is 10.3. The molecule has 1 rings (SSSR count). The molecule has 0 N–H and O–H groups in total. The summed E-state index contributed by atoms with van der Waals surface area (Å²) in [5.41, 5.74) is -1.78. The van der Waals surface area contributed by atoms with Gasteiger partial charge in [-0.1, -0.05) is 0 Å². The average molecular weight is 206 g/mol. The van der Waals surface area contributed by atoms with Crippen molar-refractivity contribution in [3.8, 4) is 0 Å². The van der Waals surface area contributed by atoms with E-state index in [2.05, 4.69) is 0 Å². The fraction of sp³-hybridized carbons (Fsp3) is 0.222. The van der Waals surface area contributed by atoms with Crippen LogP contribution in [0.4, 0.5) is 17.6 Å². The van der Waals surface area contributed by atoms with Gasteiger partial charge in [0.05, 0.1) is 11.1 Å². The second-order valence-corrected chi connectivity index (χ2v) is 2.81. The largest absolute Gasteiger partial charge is 0.416 e. The van der Waals surface area contributed by atoms with Crippen LogP contribution in [0.2, 0.25) is 0 Å². The molecular formula is C9H6F4O. The standard InChI is InChI=1S/C9H6F4O/c1-5-2-7(9(11,12)13)3-6(4-14)8(5)10/h2-4H,1H3. The van der Waals surface area contributed by atoms with Crippen molar-refractivity contribution in [1.82, 2.24) is 0 Å². The number of carbonyl (C=O) groups is 1. The fourth-order valence-corrected chi connectivity index (χ4v) is 1.05. The highest BCUT2D eigenvalue weighted by molar-refractivity contribution is 5.76. The predicted octanol–water partition coefficient (Wildman–Crippen LogP) is 2.97. The van der Waals surface area contributed by atoms with Crippen LogP contribution in [0, 0.1) is 12.7 Å². The lowest BCUT2D eigenvalue weighted by atomic mass is 10.1. The number of rotatable bonds is 1. The lowest BCUT2D eigenvalue weighted by Crippen LogP contribution is -2.07. The minimum Gasteiger partial charge on any atom is -0.298 e. The van der Waals surface area contributed by atoms with E-state index in [-0.39, 0.29) is 11.8 Å². The van der Waals surface area contributed by atoms with Gasteiger partial charge in [-0.25, -0.2) is 4.39 Å². The van der Waals surface area contributed by atoms with E-state index in [0.29, 0.717) is 12.1 Å². The SMILES string of the molecule is Cc1cc(C(F)(F)F)cc(C=O)c1F. The summed E-state index contributed by atoms with van der Waals surface area (Å²) in [6, 6.07) is 1.16. The van der Waals surface area contributed by atoms with Crippen molar-refractivity contribution in [3.63, 3.8) is 0 Å². The third-order valence-electron chi connectivity index (χ3n) is 1.74. The van der Waals surface area contributed by atoms with Crippen LogP contribution in [-0.4, -0.2) is 6.29 Å². The summed E-state index contributed by atoms with van der Waals surface area (Å²) < 4.78 is 49.5. The Morgan fingerprint density at radius 1 is 1.29 bits per heavy atom. The highest BCUT2D eigenvalue weighted by Crippen LogP contribution is 2.31. The van der Waals surface area contributed by atoms with Gasteiger partial charge >= 0.3 is 6.18 Å². The van der Waals surface area contributed by atoms with E-state index in [1.54, 1.807) is 0 Å². The maximum absolute atomic E-state index is 13.0. The third-order valence-corrected chi connectivity index (χ3v) is 1.74. The maximum atomic E-state index is 13.0. The molecule has 0 heterocycles. The Hall–Kier alpha value is -1.39. The van der Waals surface area contributed by atoms with E-state index in [4.69, 9.17) is 0 Å². The van der Waals surface area contributed by atoms with Crippen LogP contribution < -0.4 is 0 Å². The van der Waals surface area contributed by atoms with E-state index >= 15 is 0 Å². The summed E-state index contributed by atoms with van der Waals surface area (Å²) in [6.07, 6.45) is -4.49. The van der Waals surface area contributed by atoms with Crippen molar-refractivity contribution in [2.75, 3.05) is 0 Å². The maximum Gasteiger partial charge on any atom is 0.416 e. The molecule has 14 heavy (non-hydrogen) atoms. The van der Waals surface area contributed by atoms with Gasteiger partial charge in [-0.15, -0.1) is 0 Å². The van der Waals surface area contributed by atoms with Gasteiger partial charge in [-0.05, 0) is 24.6 Å². The van der Waals surface area contributed by atoms with Gasteiger partial charge < -0.3 is 0 Å². The van der Waals surface area contributed by atoms with Crippen LogP contribution in [0.5, 0.6) is 0 Å². The van der Waals surface area contributed by atoms with Crippen molar-refractivity contribution in [2.24, 2.45) is 0 Å². The van der Waals surface area contributed by atoms with Gasteiger partial charge in [0.25, 0.3) is 0 Å². The van der Waals surface area contributed by atoms with Crippen LogP contribution in [0.1, 0.15) is 21.5 Å². The Morgan fingerprint density at radius 3 is 2.29 bits per heavy atom. The molecule has 0 saturated heterocycles. The Kier molecular flexibility index (Phi) is 2.59. The number of halogens is 4. The monoisotopic (exact) mass is 206 g/mol. The topological polar surface area (TPSA) is 17.1 Å². The number of benzene rings is 1. The van der Waals surface area contributed by atoms with Crippen molar-refractivity contribution >= 4 is 6.29 Å². The first-order chi connectivity index (χ1) is 6.36. The highest BCUT2D eigenvalue weighted by Gasteiger charge is 2.31. The molecule has 0 unspecified atom stereocenters. The molecule has 0 bridgehead atoms. The number of hydrogen-bond acceptors (Lipinski definition) is 1. The average Bonchev–Trinajstić information content (AvgIpc) is 2.07. The van der Waals surface area contributed by atoms with Gasteiger partial charge in [-0.2, -0.15) is 13.2 Å². The Bertz CT molecular complexity index is 368. The molecule has 0 saturated carbocycles. The van der Waals surface area contributed by atoms with Gasteiger partial charge in [-0.3, -0.25) is 4.79 Å². The lowest BCUT2D eigenvalue weighted by molar-refractivity contribution is -0.137. The van der Waals surface area contributed by atoms with E-state index in [0.717, 1.165) is 0 Å². The quantitative estimate of drug-likeness (QED) is 0.510. The van der Waals surface area contributed by atoms with Crippen molar-refractivity contribution in [3.05, 3.63) is 34.6 Å². The summed E-state index contributed by atoms with van der Waals surface area (Å²) in [6.45, 7) is 1.18. The molecule has 0 aliphatic carbocycles. The molecule has 0 atom stereocenters. The van der Waals surface area contributed by atoms with E-state index in [9.17, 15) is 22.4 Å². The molecule has 0 aromatic heterocycles. The lowest BCUT2D eigenvalue weighted by Gasteiger charge is -2.09. The minimum atomic E-state index is -4.56. The summed E-state index contributed by atoms with van der Waals surface area (Å²) in [5, 5.41) is 0. The smallest absolute Gasteiger partial charge is 0.298 e. The summed E-state index contributed by atoms with van der Waals surface area (Å²) in [5.74, 6) is -0.909. The Labute approximate surface area is 77.3 Å². The summed E-state index contributed by atoms with van der Waals surface area (Å²) >= 11 is 0. The first-order valence-electron chi connectivity index (χ1n) is 3.69. The zero-order chi connectivity index (χ0) is 10.9. The van der Waals surface area contributed by atoms with Crippen LogP contribution in [-0.2, 0) is 6.18 Å². The molecule has 0 amide bonds. The number of alkyl halides is 3. The summed E-state index contributed by atoms with van der Waals surface area (Å²) in [7, 11) is 0. The third kappa shape index (κ3) is 1.92. The molecule has 0 aliphatic rings. The Morgan fingerprint density at radius 2 is 1.86 bits per heavy atom. The van der Waals surface area contributed by atoms with E-state index in [1.807, 2.05) is 0 Å². The van der Waals surface area contributed by atoms with Gasteiger partial charge in [0.1, 0.15) is 5.82 Å². The molecule has 1 aromatic rings. The highest BCUT2D eigenvalue weighted by atomic mass is 19.4.